The number of nitrogens with two attached hydrogens (primary N) is 1. The monoisotopic (exact) mass is 235 g/mol. The summed E-state index contributed by atoms with van der Waals surface area (Å²) in [6, 6.07) is 6.47. The molecule has 92 valence electrons. The van der Waals surface area contributed by atoms with Gasteiger partial charge in [0.2, 0.25) is 5.91 Å². The first-order valence-corrected chi connectivity index (χ1v) is 6.20. The third kappa shape index (κ3) is 3.05. The smallest absolute Gasteiger partial charge is 0.218 e. The van der Waals surface area contributed by atoms with Crippen molar-refractivity contribution in [1.82, 2.24) is 0 Å². The van der Waals surface area contributed by atoms with Gasteiger partial charge in [-0.1, -0.05) is 25.0 Å². The van der Waals surface area contributed by atoms with Crippen molar-refractivity contribution in [1.29, 1.82) is 0 Å². The van der Waals surface area contributed by atoms with Crippen LogP contribution in [0.1, 0.15) is 43.6 Å². The van der Waals surface area contributed by atoms with Crippen LogP contribution < -0.4 is 5.73 Å². The summed E-state index contributed by atoms with van der Waals surface area (Å²) in [5.74, 6) is 0.174. The zero-order valence-corrected chi connectivity index (χ0v) is 9.86. The van der Waals surface area contributed by atoms with Gasteiger partial charge in [0.15, 0.2) is 0 Å². The lowest BCUT2D eigenvalue weighted by molar-refractivity contribution is -0.118. The van der Waals surface area contributed by atoms with Crippen LogP contribution in [0.3, 0.4) is 0 Å². The molecule has 1 unspecified atom stereocenters. The molecule has 1 amide bonds. The summed E-state index contributed by atoms with van der Waals surface area (Å²) in [6.45, 7) is 0. The molecule has 2 nitrogen and oxygen atoms in total. The SMILES string of the molecule is NC(=O)CC(c1ccc(F)cc1)C1CCCC1. The molecule has 2 rings (SSSR count). The highest BCUT2D eigenvalue weighted by Crippen LogP contribution is 2.39. The molecule has 1 aromatic carbocycles. The third-order valence-electron chi connectivity index (χ3n) is 3.69. The van der Waals surface area contributed by atoms with E-state index in [9.17, 15) is 9.18 Å². The Kier molecular flexibility index (Phi) is 3.77. The molecule has 0 heterocycles. The van der Waals surface area contributed by atoms with Gasteiger partial charge in [-0.2, -0.15) is 0 Å². The average Bonchev–Trinajstić information content (AvgIpc) is 2.80. The normalized spacial score (nSPS) is 18.2. The standard InChI is InChI=1S/C14H18FNO/c15-12-7-5-11(6-8-12)13(9-14(16)17)10-3-1-2-4-10/h5-8,10,13H,1-4,9H2,(H2,16,17). The number of halogens is 1. The Labute approximate surface area is 101 Å². The van der Waals surface area contributed by atoms with E-state index in [-0.39, 0.29) is 17.6 Å². The Bertz CT molecular complexity index is 382. The lowest BCUT2D eigenvalue weighted by atomic mass is 9.82. The summed E-state index contributed by atoms with van der Waals surface area (Å²) in [5.41, 5.74) is 6.35. The van der Waals surface area contributed by atoms with Crippen LogP contribution in [0.15, 0.2) is 24.3 Å². The minimum atomic E-state index is -0.272. The topological polar surface area (TPSA) is 43.1 Å². The lowest BCUT2D eigenvalue weighted by Crippen LogP contribution is -2.20. The highest BCUT2D eigenvalue weighted by molar-refractivity contribution is 5.74. The summed E-state index contributed by atoms with van der Waals surface area (Å²) in [5, 5.41) is 0. The number of carbonyl (C=O) groups is 1. The molecule has 0 spiro atoms. The molecule has 0 bridgehead atoms. The number of hydrogen-bond donors (Lipinski definition) is 1. The number of benzene rings is 1. The molecule has 0 radical (unpaired) electrons. The number of amides is 1. The van der Waals surface area contributed by atoms with Crippen molar-refractivity contribution in [2.24, 2.45) is 11.7 Å². The molecule has 1 aromatic rings. The molecule has 0 aliphatic heterocycles. The van der Waals surface area contributed by atoms with Gasteiger partial charge in [-0.25, -0.2) is 4.39 Å². The molecule has 0 saturated heterocycles. The van der Waals surface area contributed by atoms with Crippen LogP contribution in [0.25, 0.3) is 0 Å². The second kappa shape index (κ2) is 5.30. The molecule has 1 aliphatic carbocycles. The van der Waals surface area contributed by atoms with E-state index in [0.717, 1.165) is 18.4 Å². The van der Waals surface area contributed by atoms with E-state index in [2.05, 4.69) is 0 Å². The van der Waals surface area contributed by atoms with E-state index in [1.54, 1.807) is 12.1 Å². The van der Waals surface area contributed by atoms with Crippen molar-refractivity contribution in [3.05, 3.63) is 35.6 Å². The second-order valence-corrected chi connectivity index (χ2v) is 4.87. The fourth-order valence-corrected chi connectivity index (χ4v) is 2.84. The number of carbonyl (C=O) groups excluding carboxylic acids is 1. The Morgan fingerprint density at radius 2 is 1.88 bits per heavy atom. The van der Waals surface area contributed by atoms with Gasteiger partial charge in [0.1, 0.15) is 5.82 Å². The minimum Gasteiger partial charge on any atom is -0.370 e. The van der Waals surface area contributed by atoms with Gasteiger partial charge in [-0.3, -0.25) is 4.79 Å². The molecule has 17 heavy (non-hydrogen) atoms. The predicted octanol–water partition coefficient (Wildman–Crippen LogP) is 2.97. The molecule has 1 atom stereocenters. The van der Waals surface area contributed by atoms with Crippen LogP contribution in [-0.2, 0) is 4.79 Å². The maximum atomic E-state index is 12.9. The molecule has 1 fully saturated rings. The molecule has 1 saturated carbocycles. The van der Waals surface area contributed by atoms with Gasteiger partial charge in [-0.05, 0) is 42.4 Å². The van der Waals surface area contributed by atoms with E-state index in [1.165, 1.54) is 25.0 Å². The van der Waals surface area contributed by atoms with E-state index in [4.69, 9.17) is 5.73 Å². The Morgan fingerprint density at radius 3 is 2.41 bits per heavy atom. The molecule has 0 aromatic heterocycles. The number of primary amides is 1. The number of hydrogen-bond acceptors (Lipinski definition) is 1. The first kappa shape index (κ1) is 12.1. The zero-order valence-electron chi connectivity index (χ0n) is 9.86. The van der Waals surface area contributed by atoms with Gasteiger partial charge >= 0.3 is 0 Å². The Balaban J connectivity index is 2.19. The molecule has 3 heteroatoms. The molecular formula is C14H18FNO. The quantitative estimate of drug-likeness (QED) is 0.856. The van der Waals surface area contributed by atoms with Crippen molar-refractivity contribution >= 4 is 5.91 Å². The average molecular weight is 235 g/mol. The highest BCUT2D eigenvalue weighted by atomic mass is 19.1. The van der Waals surface area contributed by atoms with Gasteiger partial charge in [0.05, 0.1) is 0 Å². The van der Waals surface area contributed by atoms with Crippen LogP contribution in [0.2, 0.25) is 0 Å². The van der Waals surface area contributed by atoms with E-state index in [0.29, 0.717) is 12.3 Å². The maximum absolute atomic E-state index is 12.9. The zero-order chi connectivity index (χ0) is 12.3. The summed E-state index contributed by atoms with van der Waals surface area (Å²) >= 11 is 0. The first-order valence-electron chi connectivity index (χ1n) is 6.20. The lowest BCUT2D eigenvalue weighted by Gasteiger charge is -2.22. The summed E-state index contributed by atoms with van der Waals surface area (Å²) in [7, 11) is 0. The van der Waals surface area contributed by atoms with E-state index >= 15 is 0 Å². The third-order valence-corrected chi connectivity index (χ3v) is 3.69. The summed E-state index contributed by atoms with van der Waals surface area (Å²) in [4.78, 5) is 11.2. The van der Waals surface area contributed by atoms with E-state index < -0.39 is 0 Å². The van der Waals surface area contributed by atoms with Gasteiger partial charge < -0.3 is 5.73 Å². The fourth-order valence-electron chi connectivity index (χ4n) is 2.84. The molecule has 2 N–H and O–H groups in total. The molecular weight excluding hydrogens is 217 g/mol. The molecule has 1 aliphatic rings. The van der Waals surface area contributed by atoms with Crippen LogP contribution in [0.4, 0.5) is 4.39 Å². The van der Waals surface area contributed by atoms with Crippen molar-refractivity contribution < 1.29 is 9.18 Å². The van der Waals surface area contributed by atoms with Crippen LogP contribution in [0.5, 0.6) is 0 Å². The van der Waals surface area contributed by atoms with Crippen molar-refractivity contribution in [2.75, 3.05) is 0 Å². The highest BCUT2D eigenvalue weighted by Gasteiger charge is 2.27. The minimum absolute atomic E-state index is 0.163. The second-order valence-electron chi connectivity index (χ2n) is 4.87. The summed E-state index contributed by atoms with van der Waals surface area (Å²) < 4.78 is 12.9. The summed E-state index contributed by atoms with van der Waals surface area (Å²) in [6.07, 6.45) is 5.11. The maximum Gasteiger partial charge on any atom is 0.218 e. The van der Waals surface area contributed by atoms with Crippen molar-refractivity contribution in [2.45, 2.75) is 38.0 Å². The Morgan fingerprint density at radius 1 is 1.29 bits per heavy atom. The largest absolute Gasteiger partial charge is 0.370 e. The Hall–Kier alpha value is -1.38. The van der Waals surface area contributed by atoms with Crippen molar-refractivity contribution in [3.8, 4) is 0 Å². The first-order chi connectivity index (χ1) is 8.16. The van der Waals surface area contributed by atoms with Crippen molar-refractivity contribution in [3.63, 3.8) is 0 Å². The number of rotatable bonds is 4. The van der Waals surface area contributed by atoms with Crippen LogP contribution in [-0.4, -0.2) is 5.91 Å². The van der Waals surface area contributed by atoms with Gasteiger partial charge in [0, 0.05) is 6.42 Å². The van der Waals surface area contributed by atoms with E-state index in [1.807, 2.05) is 0 Å². The van der Waals surface area contributed by atoms with Gasteiger partial charge in [0.25, 0.3) is 0 Å². The fraction of sp³-hybridized carbons (Fsp3) is 0.500. The van der Waals surface area contributed by atoms with Gasteiger partial charge in [-0.15, -0.1) is 0 Å². The van der Waals surface area contributed by atoms with Crippen LogP contribution >= 0.6 is 0 Å². The predicted molar refractivity (Wildman–Crippen MR) is 64.9 cm³/mol. The van der Waals surface area contributed by atoms with Crippen LogP contribution in [0, 0.1) is 11.7 Å².